The van der Waals surface area contributed by atoms with Crippen molar-refractivity contribution >= 4 is 11.7 Å². The van der Waals surface area contributed by atoms with E-state index in [9.17, 15) is 19.2 Å². The molecule has 0 aliphatic heterocycles. The Morgan fingerprint density at radius 1 is 1.30 bits per heavy atom. The van der Waals surface area contributed by atoms with Gasteiger partial charge in [0.25, 0.3) is 5.56 Å². The third-order valence-corrected chi connectivity index (χ3v) is 2.96. The highest BCUT2D eigenvalue weighted by Gasteiger charge is 2.21. The molecule has 0 saturated carbocycles. The zero-order valence-electron chi connectivity index (χ0n) is 12.0. The van der Waals surface area contributed by atoms with Crippen LogP contribution in [0.3, 0.4) is 0 Å². The summed E-state index contributed by atoms with van der Waals surface area (Å²) in [7, 11) is 1.49. The van der Waals surface area contributed by atoms with Crippen molar-refractivity contribution in [3.8, 4) is 0 Å². The SMILES string of the molecule is CC(=O)C(NC(=O)Cn1c(=O)ccn(C)c1=O)C(C)C. The number of nitrogens with zero attached hydrogens (tertiary/aromatic N) is 2. The van der Waals surface area contributed by atoms with E-state index in [0.717, 1.165) is 4.57 Å². The van der Waals surface area contributed by atoms with Gasteiger partial charge in [-0.15, -0.1) is 0 Å². The predicted octanol–water partition coefficient (Wildman–Crippen LogP) is -0.723. The van der Waals surface area contributed by atoms with Crippen LogP contribution in [0.25, 0.3) is 0 Å². The first-order valence-corrected chi connectivity index (χ1v) is 6.30. The third kappa shape index (κ3) is 3.66. The number of amides is 1. The number of Topliss-reactive ketones (excluding diaryl/α,β-unsaturated/α-hetero) is 1. The summed E-state index contributed by atoms with van der Waals surface area (Å²) in [5, 5.41) is 2.54. The summed E-state index contributed by atoms with van der Waals surface area (Å²) in [4.78, 5) is 46.6. The molecule has 7 nitrogen and oxygen atoms in total. The number of rotatable bonds is 5. The van der Waals surface area contributed by atoms with Crippen molar-refractivity contribution in [3.05, 3.63) is 33.1 Å². The molecule has 0 fully saturated rings. The topological polar surface area (TPSA) is 90.2 Å². The summed E-state index contributed by atoms with van der Waals surface area (Å²) in [6, 6.07) is 0.588. The van der Waals surface area contributed by atoms with Crippen LogP contribution in [0.5, 0.6) is 0 Å². The standard InChI is InChI=1S/C13H19N3O4/c1-8(2)12(9(3)17)14-10(18)7-16-11(19)5-6-15(4)13(16)20/h5-6,8,12H,7H2,1-4H3,(H,14,18). The fourth-order valence-corrected chi connectivity index (χ4v) is 1.86. The van der Waals surface area contributed by atoms with Crippen molar-refractivity contribution < 1.29 is 9.59 Å². The van der Waals surface area contributed by atoms with Gasteiger partial charge in [0.2, 0.25) is 5.91 Å². The molecule has 0 spiro atoms. The molecule has 1 aromatic rings. The van der Waals surface area contributed by atoms with Gasteiger partial charge in [0.1, 0.15) is 6.54 Å². The highest BCUT2D eigenvalue weighted by atomic mass is 16.2. The van der Waals surface area contributed by atoms with E-state index >= 15 is 0 Å². The lowest BCUT2D eigenvalue weighted by atomic mass is 10.0. The lowest BCUT2D eigenvalue weighted by Gasteiger charge is -2.19. The highest BCUT2D eigenvalue weighted by Crippen LogP contribution is 2.02. The van der Waals surface area contributed by atoms with Crippen LogP contribution in [0.1, 0.15) is 20.8 Å². The van der Waals surface area contributed by atoms with Gasteiger partial charge >= 0.3 is 5.69 Å². The summed E-state index contributed by atoms with van der Waals surface area (Å²) >= 11 is 0. The molecule has 0 aliphatic rings. The summed E-state index contributed by atoms with van der Waals surface area (Å²) < 4.78 is 2.03. The van der Waals surface area contributed by atoms with E-state index in [1.165, 1.54) is 30.8 Å². The van der Waals surface area contributed by atoms with E-state index in [1.54, 1.807) is 13.8 Å². The second kappa shape index (κ2) is 6.31. The van der Waals surface area contributed by atoms with Crippen molar-refractivity contribution in [2.45, 2.75) is 33.4 Å². The Morgan fingerprint density at radius 3 is 2.40 bits per heavy atom. The lowest BCUT2D eigenvalue weighted by molar-refractivity contribution is -0.128. The Morgan fingerprint density at radius 2 is 1.90 bits per heavy atom. The Labute approximate surface area is 116 Å². The normalized spacial score (nSPS) is 12.2. The van der Waals surface area contributed by atoms with Crippen molar-refractivity contribution in [3.63, 3.8) is 0 Å². The van der Waals surface area contributed by atoms with Crippen molar-refractivity contribution in [2.75, 3.05) is 0 Å². The summed E-state index contributed by atoms with van der Waals surface area (Å²) in [6.45, 7) is 4.60. The minimum Gasteiger partial charge on any atom is -0.344 e. The number of carbonyl (C=O) groups excluding carboxylic acids is 2. The molecule has 20 heavy (non-hydrogen) atoms. The van der Waals surface area contributed by atoms with Gasteiger partial charge in [-0.25, -0.2) is 4.79 Å². The molecule has 1 rings (SSSR count). The molecule has 0 aliphatic carbocycles. The van der Waals surface area contributed by atoms with E-state index < -0.39 is 29.7 Å². The number of nitrogens with one attached hydrogen (secondary N) is 1. The smallest absolute Gasteiger partial charge is 0.331 e. The van der Waals surface area contributed by atoms with Crippen molar-refractivity contribution in [1.29, 1.82) is 0 Å². The molecular weight excluding hydrogens is 262 g/mol. The maximum Gasteiger partial charge on any atom is 0.331 e. The van der Waals surface area contributed by atoms with Crippen LogP contribution in [0, 0.1) is 5.92 Å². The second-order valence-corrected chi connectivity index (χ2v) is 5.03. The van der Waals surface area contributed by atoms with E-state index in [1.807, 2.05) is 0 Å². The molecule has 1 aromatic heterocycles. The Balaban J connectivity index is 2.93. The molecule has 1 atom stereocenters. The van der Waals surface area contributed by atoms with E-state index in [0.29, 0.717) is 0 Å². The van der Waals surface area contributed by atoms with Gasteiger partial charge < -0.3 is 9.88 Å². The quantitative estimate of drug-likeness (QED) is 0.771. The van der Waals surface area contributed by atoms with Crippen LogP contribution in [0.2, 0.25) is 0 Å². The van der Waals surface area contributed by atoms with E-state index in [4.69, 9.17) is 0 Å². The highest BCUT2D eigenvalue weighted by molar-refractivity contribution is 5.87. The minimum atomic E-state index is -0.620. The van der Waals surface area contributed by atoms with Gasteiger partial charge in [0.05, 0.1) is 6.04 Å². The van der Waals surface area contributed by atoms with E-state index in [-0.39, 0.29) is 11.7 Å². The zero-order chi connectivity index (χ0) is 15.4. The molecule has 7 heteroatoms. The molecule has 0 aromatic carbocycles. The largest absolute Gasteiger partial charge is 0.344 e. The Bertz CT molecular complexity index is 627. The van der Waals surface area contributed by atoms with Crippen LogP contribution in [0.4, 0.5) is 0 Å². The number of carbonyl (C=O) groups is 2. The molecular formula is C13H19N3O4. The average molecular weight is 281 g/mol. The van der Waals surface area contributed by atoms with Crippen molar-refractivity contribution in [2.24, 2.45) is 13.0 Å². The van der Waals surface area contributed by atoms with E-state index in [2.05, 4.69) is 5.32 Å². The van der Waals surface area contributed by atoms with Gasteiger partial charge in [-0.2, -0.15) is 0 Å². The molecule has 1 heterocycles. The lowest BCUT2D eigenvalue weighted by Crippen LogP contribution is -2.48. The molecule has 0 saturated heterocycles. The molecule has 0 bridgehead atoms. The number of hydrogen-bond donors (Lipinski definition) is 1. The second-order valence-electron chi connectivity index (χ2n) is 5.03. The predicted molar refractivity (Wildman–Crippen MR) is 73.4 cm³/mol. The summed E-state index contributed by atoms with van der Waals surface area (Å²) in [5.41, 5.74) is -1.12. The molecule has 0 radical (unpaired) electrons. The average Bonchev–Trinajstić information content (AvgIpc) is 2.35. The molecule has 1 unspecified atom stereocenters. The zero-order valence-corrected chi connectivity index (χ0v) is 12.0. The summed E-state index contributed by atoms with van der Waals surface area (Å²) in [5.74, 6) is -0.766. The molecule has 1 N–H and O–H groups in total. The number of ketones is 1. The van der Waals surface area contributed by atoms with Gasteiger partial charge in [0.15, 0.2) is 5.78 Å². The van der Waals surface area contributed by atoms with Crippen LogP contribution < -0.4 is 16.6 Å². The van der Waals surface area contributed by atoms with Crippen molar-refractivity contribution in [1.82, 2.24) is 14.5 Å². The van der Waals surface area contributed by atoms with Gasteiger partial charge in [-0.3, -0.25) is 19.0 Å². The summed E-state index contributed by atoms with van der Waals surface area (Å²) in [6.07, 6.45) is 1.34. The number of hydrogen-bond acceptors (Lipinski definition) is 4. The monoisotopic (exact) mass is 281 g/mol. The fourth-order valence-electron chi connectivity index (χ4n) is 1.86. The number of aryl methyl sites for hydroxylation is 1. The Kier molecular flexibility index (Phi) is 5.01. The Hall–Kier alpha value is -2.18. The van der Waals surface area contributed by atoms with Gasteiger partial charge in [-0.05, 0) is 12.8 Å². The number of aromatic nitrogens is 2. The first kappa shape index (κ1) is 15.9. The minimum absolute atomic E-state index is 0.0632. The molecule has 1 amide bonds. The van der Waals surface area contributed by atoms with Crippen LogP contribution in [0.15, 0.2) is 21.9 Å². The van der Waals surface area contributed by atoms with Gasteiger partial charge in [0, 0.05) is 19.3 Å². The van der Waals surface area contributed by atoms with Crippen LogP contribution in [-0.2, 0) is 23.2 Å². The van der Waals surface area contributed by atoms with Crippen LogP contribution >= 0.6 is 0 Å². The fraction of sp³-hybridized carbons (Fsp3) is 0.538. The maximum absolute atomic E-state index is 11.9. The van der Waals surface area contributed by atoms with Gasteiger partial charge in [-0.1, -0.05) is 13.8 Å². The first-order chi connectivity index (χ1) is 9.23. The first-order valence-electron chi connectivity index (χ1n) is 6.30. The maximum atomic E-state index is 11.9. The van der Waals surface area contributed by atoms with Crippen LogP contribution in [-0.4, -0.2) is 26.9 Å². The third-order valence-electron chi connectivity index (χ3n) is 2.96. The molecule has 110 valence electrons.